The maximum absolute atomic E-state index is 6.00. The summed E-state index contributed by atoms with van der Waals surface area (Å²) in [6.07, 6.45) is 0. The maximum Gasteiger partial charge on any atom is 0.225 e. The van der Waals surface area contributed by atoms with Gasteiger partial charge >= 0.3 is 0 Å². The van der Waals surface area contributed by atoms with Crippen LogP contribution in [0.15, 0.2) is 60.7 Å². The van der Waals surface area contributed by atoms with Crippen LogP contribution in [-0.2, 0) is 0 Å². The van der Waals surface area contributed by atoms with Crippen LogP contribution in [0.4, 0.5) is 17.5 Å². The van der Waals surface area contributed by atoms with Gasteiger partial charge in [0.25, 0.3) is 0 Å². The van der Waals surface area contributed by atoms with E-state index in [2.05, 4.69) is 41.4 Å². The molecule has 5 nitrogen and oxygen atoms in total. The summed E-state index contributed by atoms with van der Waals surface area (Å²) in [5.41, 5.74) is 1.62. The van der Waals surface area contributed by atoms with Crippen molar-refractivity contribution in [2.45, 2.75) is 33.2 Å². The van der Waals surface area contributed by atoms with Crippen LogP contribution in [0.25, 0.3) is 0 Å². The fourth-order valence-corrected chi connectivity index (χ4v) is 2.44. The molecule has 5 heteroatoms. The third-order valence-electron chi connectivity index (χ3n) is 3.46. The highest BCUT2D eigenvalue weighted by atomic mass is 16.5. The Balaban J connectivity index is 1.85. The van der Waals surface area contributed by atoms with E-state index >= 15 is 0 Å². The first-order valence-corrected chi connectivity index (χ1v) is 8.62. The van der Waals surface area contributed by atoms with Gasteiger partial charge in [-0.25, -0.2) is 4.98 Å². The van der Waals surface area contributed by atoms with Crippen LogP contribution < -0.4 is 15.4 Å². The fourth-order valence-electron chi connectivity index (χ4n) is 2.44. The number of benzene rings is 2. The number of rotatable bonds is 5. The lowest BCUT2D eigenvalue weighted by atomic mass is 10.1. The molecule has 0 bridgehead atoms. The second-order valence-corrected chi connectivity index (χ2v) is 7.13. The van der Waals surface area contributed by atoms with Crippen molar-refractivity contribution in [1.29, 1.82) is 0 Å². The van der Waals surface area contributed by atoms with Crippen LogP contribution >= 0.6 is 0 Å². The van der Waals surface area contributed by atoms with E-state index in [1.165, 1.54) is 0 Å². The molecule has 2 N–H and O–H groups in total. The van der Waals surface area contributed by atoms with Crippen molar-refractivity contribution in [2.24, 2.45) is 0 Å². The molecule has 3 rings (SSSR count). The smallest absolute Gasteiger partial charge is 0.225 e. The zero-order valence-electron chi connectivity index (χ0n) is 15.6. The molecule has 0 saturated heterocycles. The van der Waals surface area contributed by atoms with E-state index in [-0.39, 0.29) is 5.54 Å². The molecule has 0 atom stereocenters. The number of anilines is 3. The van der Waals surface area contributed by atoms with Crippen LogP contribution in [0.5, 0.6) is 11.5 Å². The highest BCUT2D eigenvalue weighted by molar-refractivity contribution is 5.65. The minimum atomic E-state index is -0.112. The Morgan fingerprint density at radius 1 is 0.885 bits per heavy atom. The number of aromatic nitrogens is 2. The summed E-state index contributed by atoms with van der Waals surface area (Å²) in [7, 11) is 0. The Morgan fingerprint density at radius 2 is 1.58 bits per heavy atom. The molecule has 0 spiro atoms. The number of nitrogens with one attached hydrogen (secondary N) is 2. The number of para-hydroxylation sites is 3. The number of hydrogen-bond acceptors (Lipinski definition) is 5. The lowest BCUT2D eigenvalue weighted by Crippen LogP contribution is -2.27. The predicted octanol–water partition coefficient (Wildman–Crippen LogP) is 5.53. The van der Waals surface area contributed by atoms with Crippen molar-refractivity contribution in [3.05, 3.63) is 66.4 Å². The van der Waals surface area contributed by atoms with Gasteiger partial charge in [0.15, 0.2) is 5.75 Å². The first-order valence-electron chi connectivity index (χ1n) is 8.62. The summed E-state index contributed by atoms with van der Waals surface area (Å²) in [5, 5.41) is 6.65. The Hall–Kier alpha value is -3.08. The predicted molar refractivity (Wildman–Crippen MR) is 106 cm³/mol. The number of nitrogens with zero attached hydrogens (tertiary/aromatic N) is 2. The molecular weight excluding hydrogens is 324 g/mol. The first-order chi connectivity index (χ1) is 12.4. The highest BCUT2D eigenvalue weighted by Crippen LogP contribution is 2.31. The molecule has 1 aromatic heterocycles. The molecule has 134 valence electrons. The van der Waals surface area contributed by atoms with Gasteiger partial charge in [0.2, 0.25) is 5.95 Å². The van der Waals surface area contributed by atoms with Gasteiger partial charge in [0.1, 0.15) is 11.6 Å². The Morgan fingerprint density at radius 3 is 2.31 bits per heavy atom. The normalized spacial score (nSPS) is 11.1. The lowest BCUT2D eigenvalue weighted by Gasteiger charge is -2.21. The first kappa shape index (κ1) is 17.7. The van der Waals surface area contributed by atoms with Crippen molar-refractivity contribution in [3.63, 3.8) is 0 Å². The largest absolute Gasteiger partial charge is 0.455 e. The standard InChI is InChI=1S/C21H24N4O/c1-15-14-19(24-20(22-15)25-21(2,3)4)23-17-12-8-9-13-18(17)26-16-10-6-5-7-11-16/h5-14H,1-4H3,(H2,22,23,24,25). The molecule has 26 heavy (non-hydrogen) atoms. The van der Waals surface area contributed by atoms with E-state index in [0.717, 1.165) is 22.9 Å². The number of ether oxygens (including phenoxy) is 1. The summed E-state index contributed by atoms with van der Waals surface area (Å²) in [5.74, 6) is 2.84. The lowest BCUT2D eigenvalue weighted by molar-refractivity contribution is 0.485. The zero-order chi connectivity index (χ0) is 18.6. The van der Waals surface area contributed by atoms with E-state index in [1.54, 1.807) is 0 Å². The van der Waals surface area contributed by atoms with Gasteiger partial charge in [0.05, 0.1) is 5.69 Å². The summed E-state index contributed by atoms with van der Waals surface area (Å²) in [6.45, 7) is 8.19. The molecule has 0 fully saturated rings. The number of hydrogen-bond donors (Lipinski definition) is 2. The molecule has 2 aromatic carbocycles. The molecule has 0 amide bonds. The molecule has 0 radical (unpaired) electrons. The average Bonchev–Trinajstić information content (AvgIpc) is 2.55. The molecule has 0 aliphatic rings. The summed E-state index contributed by atoms with van der Waals surface area (Å²) < 4.78 is 6.00. The third-order valence-corrected chi connectivity index (χ3v) is 3.46. The Kier molecular flexibility index (Phi) is 5.07. The summed E-state index contributed by atoms with van der Waals surface area (Å²) in [4.78, 5) is 9.03. The van der Waals surface area contributed by atoms with Crippen molar-refractivity contribution in [2.75, 3.05) is 10.6 Å². The zero-order valence-corrected chi connectivity index (χ0v) is 15.6. The van der Waals surface area contributed by atoms with Crippen molar-refractivity contribution in [3.8, 4) is 11.5 Å². The van der Waals surface area contributed by atoms with Crippen LogP contribution in [-0.4, -0.2) is 15.5 Å². The third kappa shape index (κ3) is 4.96. The van der Waals surface area contributed by atoms with E-state index in [0.29, 0.717) is 11.8 Å². The van der Waals surface area contributed by atoms with E-state index in [4.69, 9.17) is 4.74 Å². The Labute approximate surface area is 154 Å². The SMILES string of the molecule is Cc1cc(Nc2ccccc2Oc2ccccc2)nc(NC(C)(C)C)n1. The van der Waals surface area contributed by atoms with Gasteiger partial charge in [-0.1, -0.05) is 30.3 Å². The topological polar surface area (TPSA) is 59.1 Å². The number of aryl methyl sites for hydroxylation is 1. The summed E-state index contributed by atoms with van der Waals surface area (Å²) >= 11 is 0. The summed E-state index contributed by atoms with van der Waals surface area (Å²) in [6, 6.07) is 19.4. The van der Waals surface area contributed by atoms with Crippen molar-refractivity contribution in [1.82, 2.24) is 9.97 Å². The molecule has 3 aromatic rings. The van der Waals surface area contributed by atoms with E-state index in [1.807, 2.05) is 67.6 Å². The molecule has 0 aliphatic heterocycles. The monoisotopic (exact) mass is 348 g/mol. The van der Waals surface area contributed by atoms with Crippen LogP contribution in [0.1, 0.15) is 26.5 Å². The van der Waals surface area contributed by atoms with E-state index in [9.17, 15) is 0 Å². The quantitative estimate of drug-likeness (QED) is 0.635. The minimum absolute atomic E-state index is 0.112. The second-order valence-electron chi connectivity index (χ2n) is 7.13. The van der Waals surface area contributed by atoms with Crippen LogP contribution in [0.3, 0.4) is 0 Å². The minimum Gasteiger partial charge on any atom is -0.455 e. The van der Waals surface area contributed by atoms with Crippen molar-refractivity contribution >= 4 is 17.5 Å². The van der Waals surface area contributed by atoms with Crippen LogP contribution in [0.2, 0.25) is 0 Å². The Bertz CT molecular complexity index is 873. The molecule has 0 unspecified atom stereocenters. The van der Waals surface area contributed by atoms with Gasteiger partial charge in [-0.05, 0) is 52.0 Å². The van der Waals surface area contributed by atoms with Gasteiger partial charge in [-0.2, -0.15) is 4.98 Å². The molecular formula is C21H24N4O. The van der Waals surface area contributed by atoms with Crippen LogP contribution in [0, 0.1) is 6.92 Å². The van der Waals surface area contributed by atoms with Gasteiger partial charge in [0, 0.05) is 17.3 Å². The molecule has 0 aliphatic carbocycles. The fraction of sp³-hybridized carbons (Fsp3) is 0.238. The maximum atomic E-state index is 6.00. The average molecular weight is 348 g/mol. The van der Waals surface area contributed by atoms with E-state index < -0.39 is 0 Å². The molecule has 1 heterocycles. The van der Waals surface area contributed by atoms with Crippen molar-refractivity contribution < 1.29 is 4.74 Å². The highest BCUT2D eigenvalue weighted by Gasteiger charge is 2.13. The van der Waals surface area contributed by atoms with Gasteiger partial charge in [-0.3, -0.25) is 0 Å². The van der Waals surface area contributed by atoms with Gasteiger partial charge < -0.3 is 15.4 Å². The van der Waals surface area contributed by atoms with Gasteiger partial charge in [-0.15, -0.1) is 0 Å². The second kappa shape index (κ2) is 7.44. The molecule has 0 saturated carbocycles.